The molecule has 152 valence electrons. The summed E-state index contributed by atoms with van der Waals surface area (Å²) in [6.07, 6.45) is 0.971. The third-order valence-corrected chi connectivity index (χ3v) is 6.46. The smallest absolute Gasteiger partial charge is 0.213 e. The molecule has 1 N–H and O–H groups in total. The maximum atomic E-state index is 12.3. The minimum Gasteiger partial charge on any atom is -0.384 e. The Balaban J connectivity index is 1.86. The number of benzene rings is 2. The van der Waals surface area contributed by atoms with Crippen LogP contribution in [0.25, 0.3) is 0 Å². The van der Waals surface area contributed by atoms with Crippen LogP contribution in [0.4, 0.5) is 11.4 Å². The van der Waals surface area contributed by atoms with E-state index in [0.717, 1.165) is 24.2 Å². The molecule has 1 aliphatic heterocycles. The average molecular weight is 404 g/mol. The lowest BCUT2D eigenvalue weighted by atomic mass is 10.0. The van der Waals surface area contributed by atoms with Gasteiger partial charge in [-0.3, -0.25) is 0 Å². The van der Waals surface area contributed by atoms with E-state index in [1.807, 2.05) is 20.2 Å². The minimum atomic E-state index is -3.39. The second-order valence-corrected chi connectivity index (χ2v) is 9.16. The van der Waals surface area contributed by atoms with E-state index in [1.165, 1.54) is 18.4 Å². The van der Waals surface area contributed by atoms with Crippen molar-refractivity contribution in [1.82, 2.24) is 4.72 Å². The van der Waals surface area contributed by atoms with Crippen molar-refractivity contribution in [2.75, 3.05) is 56.5 Å². The molecule has 2 aromatic rings. The molecule has 28 heavy (non-hydrogen) atoms. The molecule has 1 atom stereocenters. The van der Waals surface area contributed by atoms with Crippen molar-refractivity contribution in [3.63, 3.8) is 0 Å². The quantitative estimate of drug-likeness (QED) is 0.697. The summed E-state index contributed by atoms with van der Waals surface area (Å²) < 4.78 is 32.3. The molecule has 0 aliphatic carbocycles. The number of fused-ring (bicyclic) bond motifs is 1. The molecule has 6 nitrogen and oxygen atoms in total. The summed E-state index contributed by atoms with van der Waals surface area (Å²) in [7, 11) is 2.13. The first kappa shape index (κ1) is 20.6. The number of sulfonamides is 1. The minimum absolute atomic E-state index is 0.0353. The van der Waals surface area contributed by atoms with Gasteiger partial charge in [0.05, 0.1) is 18.4 Å². The van der Waals surface area contributed by atoms with E-state index in [1.54, 1.807) is 0 Å². The van der Waals surface area contributed by atoms with Crippen LogP contribution in [0.2, 0.25) is 0 Å². The van der Waals surface area contributed by atoms with Crippen LogP contribution in [0, 0.1) is 0 Å². The molecule has 2 aromatic carbocycles. The van der Waals surface area contributed by atoms with Gasteiger partial charge in [0.25, 0.3) is 0 Å². The molecule has 0 bridgehead atoms. The third-order valence-electron chi connectivity index (χ3n) is 5.15. The first-order valence-electron chi connectivity index (χ1n) is 9.49. The Kier molecular flexibility index (Phi) is 6.59. The number of hydrogen-bond acceptors (Lipinski definition) is 5. The van der Waals surface area contributed by atoms with Crippen molar-refractivity contribution >= 4 is 21.4 Å². The zero-order valence-electron chi connectivity index (χ0n) is 16.8. The predicted molar refractivity (Wildman–Crippen MR) is 115 cm³/mol. The van der Waals surface area contributed by atoms with E-state index >= 15 is 0 Å². The average Bonchev–Trinajstić information content (AvgIpc) is 3.11. The van der Waals surface area contributed by atoms with Gasteiger partial charge < -0.3 is 14.5 Å². The molecule has 1 aliphatic rings. The van der Waals surface area contributed by atoms with Gasteiger partial charge in [-0.25, -0.2) is 13.1 Å². The monoisotopic (exact) mass is 403 g/mol. The maximum absolute atomic E-state index is 12.3. The first-order valence-corrected chi connectivity index (χ1v) is 11.1. The molecule has 0 spiro atoms. The van der Waals surface area contributed by atoms with E-state index in [-0.39, 0.29) is 18.4 Å². The highest BCUT2D eigenvalue weighted by Crippen LogP contribution is 2.35. The molecule has 1 heterocycles. The Morgan fingerprint density at radius 1 is 1.14 bits per heavy atom. The van der Waals surface area contributed by atoms with Crippen LogP contribution >= 0.6 is 0 Å². The third kappa shape index (κ3) is 4.84. The number of nitrogens with zero attached hydrogens (tertiary/aromatic N) is 2. The van der Waals surface area contributed by atoms with Gasteiger partial charge in [0, 0.05) is 45.7 Å². The summed E-state index contributed by atoms with van der Waals surface area (Å²) in [5.41, 5.74) is 4.70. The summed E-state index contributed by atoms with van der Waals surface area (Å²) in [6, 6.07) is 16.6. The van der Waals surface area contributed by atoms with E-state index in [0.29, 0.717) is 6.54 Å². The van der Waals surface area contributed by atoms with Crippen LogP contribution in [0.5, 0.6) is 0 Å². The molecular formula is C21H29N3O3S. The summed E-state index contributed by atoms with van der Waals surface area (Å²) in [5, 5.41) is 0. The molecule has 0 saturated heterocycles. The van der Waals surface area contributed by atoms with Crippen molar-refractivity contribution in [2.24, 2.45) is 0 Å². The van der Waals surface area contributed by atoms with Crippen LogP contribution < -0.4 is 14.5 Å². The fourth-order valence-corrected chi connectivity index (χ4v) is 4.50. The van der Waals surface area contributed by atoms with Crippen LogP contribution in [0.1, 0.15) is 17.2 Å². The standard InChI is InChI=1S/C21H29N3O3S/c1-23(2)19-10-8-18(9-11-19)21(16-22-28(25,26)15-14-27-3)24-13-12-17-6-4-5-7-20(17)24/h4-11,21-22H,12-16H2,1-3H3/t21-/m1/s1. The topological polar surface area (TPSA) is 61.9 Å². The molecule has 0 radical (unpaired) electrons. The lowest BCUT2D eigenvalue weighted by Gasteiger charge is -2.31. The van der Waals surface area contributed by atoms with Crippen LogP contribution in [0.15, 0.2) is 48.5 Å². The van der Waals surface area contributed by atoms with Gasteiger partial charge >= 0.3 is 0 Å². The molecule has 0 unspecified atom stereocenters. The highest BCUT2D eigenvalue weighted by Gasteiger charge is 2.28. The molecule has 7 heteroatoms. The summed E-state index contributed by atoms with van der Waals surface area (Å²) in [6.45, 7) is 1.38. The Morgan fingerprint density at radius 3 is 2.54 bits per heavy atom. The van der Waals surface area contributed by atoms with Gasteiger partial charge in [-0.1, -0.05) is 30.3 Å². The Labute approximate surface area is 168 Å². The summed E-state index contributed by atoms with van der Waals surface area (Å²) in [4.78, 5) is 4.36. The largest absolute Gasteiger partial charge is 0.384 e. The number of methoxy groups -OCH3 is 1. The van der Waals surface area contributed by atoms with Crippen molar-refractivity contribution in [3.05, 3.63) is 59.7 Å². The summed E-state index contributed by atoms with van der Waals surface area (Å²) in [5.74, 6) is -0.0353. The number of para-hydroxylation sites is 1. The number of hydrogen-bond donors (Lipinski definition) is 1. The maximum Gasteiger partial charge on any atom is 0.213 e. The SMILES string of the molecule is COCCS(=O)(=O)NC[C@H](c1ccc(N(C)C)cc1)N1CCc2ccccc21. The van der Waals surface area contributed by atoms with Gasteiger partial charge in [-0.2, -0.15) is 0 Å². The van der Waals surface area contributed by atoms with Crippen molar-refractivity contribution < 1.29 is 13.2 Å². The Morgan fingerprint density at radius 2 is 1.86 bits per heavy atom. The van der Waals surface area contributed by atoms with E-state index < -0.39 is 10.0 Å². The second kappa shape index (κ2) is 8.94. The lowest BCUT2D eigenvalue weighted by molar-refractivity contribution is 0.217. The number of nitrogens with one attached hydrogen (secondary N) is 1. The highest BCUT2D eigenvalue weighted by atomic mass is 32.2. The molecule has 0 saturated carbocycles. The fourth-order valence-electron chi connectivity index (χ4n) is 3.56. The molecule has 0 fully saturated rings. The number of anilines is 2. The van der Waals surface area contributed by atoms with Crippen molar-refractivity contribution in [3.8, 4) is 0 Å². The number of ether oxygens (including phenoxy) is 1. The molecule has 0 aromatic heterocycles. The van der Waals surface area contributed by atoms with Gasteiger partial charge in [-0.05, 0) is 35.7 Å². The second-order valence-electron chi connectivity index (χ2n) is 7.23. The Bertz CT molecular complexity index is 882. The molecular weight excluding hydrogens is 374 g/mol. The van der Waals surface area contributed by atoms with Gasteiger partial charge in [0.15, 0.2) is 0 Å². The van der Waals surface area contributed by atoms with Crippen LogP contribution in [-0.2, 0) is 21.2 Å². The van der Waals surface area contributed by atoms with E-state index in [9.17, 15) is 8.42 Å². The van der Waals surface area contributed by atoms with Gasteiger partial charge in [0.2, 0.25) is 10.0 Å². The predicted octanol–water partition coefficient (Wildman–Crippen LogP) is 2.42. The zero-order valence-corrected chi connectivity index (χ0v) is 17.6. The number of rotatable bonds is 9. The lowest BCUT2D eigenvalue weighted by Crippen LogP contribution is -2.38. The van der Waals surface area contributed by atoms with Crippen LogP contribution in [-0.4, -0.2) is 55.1 Å². The summed E-state index contributed by atoms with van der Waals surface area (Å²) >= 11 is 0. The van der Waals surface area contributed by atoms with E-state index in [2.05, 4.69) is 57.0 Å². The van der Waals surface area contributed by atoms with Crippen LogP contribution in [0.3, 0.4) is 0 Å². The fraction of sp³-hybridized carbons (Fsp3) is 0.429. The molecule has 3 rings (SSSR count). The zero-order chi connectivity index (χ0) is 20.1. The van der Waals surface area contributed by atoms with Gasteiger partial charge in [0.1, 0.15) is 0 Å². The first-order chi connectivity index (χ1) is 13.4. The highest BCUT2D eigenvalue weighted by molar-refractivity contribution is 7.89. The van der Waals surface area contributed by atoms with Crippen molar-refractivity contribution in [1.29, 1.82) is 0 Å². The van der Waals surface area contributed by atoms with Gasteiger partial charge in [-0.15, -0.1) is 0 Å². The normalized spacial score (nSPS) is 14.8. The molecule has 0 amide bonds. The van der Waals surface area contributed by atoms with Crippen molar-refractivity contribution in [2.45, 2.75) is 12.5 Å². The van der Waals surface area contributed by atoms with E-state index in [4.69, 9.17) is 4.74 Å². The Hall–Kier alpha value is -2.09.